The minimum atomic E-state index is 0.539. The maximum atomic E-state index is 5.79. The largest absolute Gasteiger partial charge is 0.377 e. The highest BCUT2D eigenvalue weighted by atomic mass is 16.5. The topological polar surface area (TPSA) is 12.5 Å². The van der Waals surface area contributed by atoms with Crippen molar-refractivity contribution in [2.45, 2.75) is 51.6 Å². The molecule has 2 saturated heterocycles. The van der Waals surface area contributed by atoms with E-state index < -0.39 is 0 Å². The van der Waals surface area contributed by atoms with Gasteiger partial charge in [-0.05, 0) is 51.1 Å². The molecule has 15 heavy (non-hydrogen) atoms. The van der Waals surface area contributed by atoms with E-state index in [-0.39, 0.29) is 0 Å². The van der Waals surface area contributed by atoms with Crippen LogP contribution < -0.4 is 0 Å². The molecule has 2 nitrogen and oxygen atoms in total. The van der Waals surface area contributed by atoms with Gasteiger partial charge in [0.05, 0.1) is 6.10 Å². The fourth-order valence-electron chi connectivity index (χ4n) is 2.82. The number of piperidine rings is 1. The highest BCUT2D eigenvalue weighted by Gasteiger charge is 2.22. The summed E-state index contributed by atoms with van der Waals surface area (Å²) in [4.78, 5) is 2.61. The van der Waals surface area contributed by atoms with Crippen LogP contribution in [0.2, 0.25) is 0 Å². The molecule has 0 amide bonds. The minimum Gasteiger partial charge on any atom is -0.377 e. The molecule has 0 N–H and O–H groups in total. The lowest BCUT2D eigenvalue weighted by Crippen LogP contribution is -2.40. The second-order valence-corrected chi connectivity index (χ2v) is 5.14. The van der Waals surface area contributed by atoms with Crippen molar-refractivity contribution >= 4 is 0 Å². The molecule has 2 aliphatic rings. The molecule has 2 aliphatic heterocycles. The lowest BCUT2D eigenvalue weighted by molar-refractivity contribution is -0.0113. The predicted octanol–water partition coefficient (Wildman–Crippen LogP) is 2.68. The second kappa shape index (κ2) is 5.86. The predicted molar refractivity (Wildman–Crippen MR) is 63.0 cm³/mol. The molecule has 2 fully saturated rings. The number of hydrogen-bond acceptors (Lipinski definition) is 2. The van der Waals surface area contributed by atoms with Crippen LogP contribution >= 0.6 is 0 Å². The summed E-state index contributed by atoms with van der Waals surface area (Å²) in [6, 6.07) is 0. The van der Waals surface area contributed by atoms with Crippen molar-refractivity contribution in [1.82, 2.24) is 4.90 Å². The minimum absolute atomic E-state index is 0.539. The van der Waals surface area contributed by atoms with Gasteiger partial charge in [-0.1, -0.05) is 13.3 Å². The van der Waals surface area contributed by atoms with Gasteiger partial charge in [-0.2, -0.15) is 0 Å². The van der Waals surface area contributed by atoms with Gasteiger partial charge in [-0.15, -0.1) is 0 Å². The van der Waals surface area contributed by atoms with E-state index in [1.807, 2.05) is 0 Å². The summed E-state index contributed by atoms with van der Waals surface area (Å²) in [6.07, 6.45) is 8.65. The van der Waals surface area contributed by atoms with Crippen LogP contribution in [0.1, 0.15) is 45.4 Å². The van der Waals surface area contributed by atoms with E-state index in [2.05, 4.69) is 11.8 Å². The Morgan fingerprint density at radius 2 is 1.93 bits per heavy atom. The van der Waals surface area contributed by atoms with Crippen molar-refractivity contribution < 1.29 is 4.74 Å². The van der Waals surface area contributed by atoms with E-state index in [1.165, 1.54) is 58.2 Å². The molecule has 0 bridgehead atoms. The van der Waals surface area contributed by atoms with Gasteiger partial charge in [0.25, 0.3) is 0 Å². The molecular weight excluding hydrogens is 186 g/mol. The maximum absolute atomic E-state index is 5.79. The third kappa shape index (κ3) is 3.46. The fourth-order valence-corrected chi connectivity index (χ4v) is 2.82. The van der Waals surface area contributed by atoms with Gasteiger partial charge >= 0.3 is 0 Å². The van der Waals surface area contributed by atoms with Crippen molar-refractivity contribution in [2.24, 2.45) is 5.92 Å². The second-order valence-electron chi connectivity index (χ2n) is 5.14. The van der Waals surface area contributed by atoms with Gasteiger partial charge < -0.3 is 9.64 Å². The molecule has 0 radical (unpaired) electrons. The summed E-state index contributed by atoms with van der Waals surface area (Å²) < 4.78 is 5.79. The van der Waals surface area contributed by atoms with Crippen LogP contribution in [0.25, 0.3) is 0 Å². The van der Waals surface area contributed by atoms with E-state index in [1.54, 1.807) is 0 Å². The molecule has 1 unspecified atom stereocenters. The third-order valence-electron chi connectivity index (χ3n) is 4.02. The number of likely N-dealkylation sites (tertiary alicyclic amines) is 1. The van der Waals surface area contributed by atoms with Crippen LogP contribution in [-0.4, -0.2) is 37.2 Å². The van der Waals surface area contributed by atoms with Crippen LogP contribution in [0.4, 0.5) is 0 Å². The molecule has 2 rings (SSSR count). The van der Waals surface area contributed by atoms with E-state index in [9.17, 15) is 0 Å². The Hall–Kier alpha value is -0.0800. The van der Waals surface area contributed by atoms with E-state index in [0.717, 1.165) is 12.5 Å². The summed E-state index contributed by atoms with van der Waals surface area (Å²) in [6.45, 7) is 7.12. The zero-order valence-electron chi connectivity index (χ0n) is 10.1. The van der Waals surface area contributed by atoms with E-state index in [0.29, 0.717) is 6.10 Å². The molecule has 2 heteroatoms. The molecule has 0 aromatic carbocycles. The smallest absolute Gasteiger partial charge is 0.0702 e. The lowest BCUT2D eigenvalue weighted by atomic mass is 9.94. The Labute approximate surface area is 94.0 Å². The Bertz CT molecular complexity index is 169. The van der Waals surface area contributed by atoms with E-state index >= 15 is 0 Å². The quantitative estimate of drug-likeness (QED) is 0.711. The van der Waals surface area contributed by atoms with Gasteiger partial charge in [0.1, 0.15) is 0 Å². The van der Waals surface area contributed by atoms with Gasteiger partial charge in [-0.25, -0.2) is 0 Å². The molecule has 0 aromatic heterocycles. The van der Waals surface area contributed by atoms with Gasteiger partial charge in [0.15, 0.2) is 0 Å². The molecule has 88 valence electrons. The molecule has 0 saturated carbocycles. The van der Waals surface area contributed by atoms with Crippen LogP contribution in [0.3, 0.4) is 0 Å². The molecule has 2 heterocycles. The lowest BCUT2D eigenvalue weighted by Gasteiger charge is -2.35. The summed E-state index contributed by atoms with van der Waals surface area (Å²) >= 11 is 0. The fraction of sp³-hybridized carbons (Fsp3) is 1.00. The first-order chi connectivity index (χ1) is 7.38. The van der Waals surface area contributed by atoms with Crippen molar-refractivity contribution in [2.75, 3.05) is 26.2 Å². The molecular formula is C13H25NO. The SMILES string of the molecule is CCC1CCN(CC2CCCCO2)CC1. The first-order valence-electron chi connectivity index (χ1n) is 6.72. The molecule has 0 spiro atoms. The zero-order valence-corrected chi connectivity index (χ0v) is 10.1. The average molecular weight is 211 g/mol. The first kappa shape index (κ1) is 11.4. The molecule has 0 aromatic rings. The average Bonchev–Trinajstić information content (AvgIpc) is 2.31. The highest BCUT2D eigenvalue weighted by molar-refractivity contribution is 4.75. The van der Waals surface area contributed by atoms with Crippen molar-refractivity contribution in [3.8, 4) is 0 Å². The summed E-state index contributed by atoms with van der Waals surface area (Å²) in [5.74, 6) is 0.994. The number of hydrogen-bond donors (Lipinski definition) is 0. The number of nitrogens with zero attached hydrogens (tertiary/aromatic N) is 1. The summed E-state index contributed by atoms with van der Waals surface area (Å²) in [5, 5.41) is 0. The Kier molecular flexibility index (Phi) is 4.45. The third-order valence-corrected chi connectivity index (χ3v) is 4.02. The monoisotopic (exact) mass is 211 g/mol. The summed E-state index contributed by atoms with van der Waals surface area (Å²) in [7, 11) is 0. The Balaban J connectivity index is 1.67. The van der Waals surface area contributed by atoms with Gasteiger partial charge in [0, 0.05) is 13.2 Å². The van der Waals surface area contributed by atoms with Crippen molar-refractivity contribution in [3.63, 3.8) is 0 Å². The van der Waals surface area contributed by atoms with Gasteiger partial charge in [-0.3, -0.25) is 0 Å². The number of rotatable bonds is 3. The van der Waals surface area contributed by atoms with Crippen LogP contribution in [-0.2, 0) is 4.74 Å². The van der Waals surface area contributed by atoms with Gasteiger partial charge in [0.2, 0.25) is 0 Å². The van der Waals surface area contributed by atoms with Crippen molar-refractivity contribution in [3.05, 3.63) is 0 Å². The molecule has 0 aliphatic carbocycles. The number of ether oxygens (including phenoxy) is 1. The van der Waals surface area contributed by atoms with Crippen LogP contribution in [0.15, 0.2) is 0 Å². The van der Waals surface area contributed by atoms with Crippen molar-refractivity contribution in [1.29, 1.82) is 0 Å². The maximum Gasteiger partial charge on any atom is 0.0702 e. The Morgan fingerprint density at radius 3 is 2.53 bits per heavy atom. The summed E-state index contributed by atoms with van der Waals surface area (Å²) in [5.41, 5.74) is 0. The van der Waals surface area contributed by atoms with E-state index in [4.69, 9.17) is 4.74 Å². The first-order valence-corrected chi connectivity index (χ1v) is 6.72. The molecule has 1 atom stereocenters. The Morgan fingerprint density at radius 1 is 1.13 bits per heavy atom. The standard InChI is InChI=1S/C13H25NO/c1-2-12-6-8-14(9-7-12)11-13-5-3-4-10-15-13/h12-13H,2-11H2,1H3. The highest BCUT2D eigenvalue weighted by Crippen LogP contribution is 2.21. The normalized spacial score (nSPS) is 30.6. The van der Waals surface area contributed by atoms with Crippen LogP contribution in [0, 0.1) is 5.92 Å². The van der Waals surface area contributed by atoms with Crippen LogP contribution in [0.5, 0.6) is 0 Å². The zero-order chi connectivity index (χ0) is 10.5.